The van der Waals surface area contributed by atoms with E-state index in [1.807, 2.05) is 64.1 Å². The number of amides is 3. The maximum absolute atomic E-state index is 12.0. The zero-order valence-electron chi connectivity index (χ0n) is 17.2. The summed E-state index contributed by atoms with van der Waals surface area (Å²) >= 11 is 0. The van der Waals surface area contributed by atoms with Gasteiger partial charge in [0.25, 0.3) is 5.91 Å². The first-order chi connectivity index (χ1) is 13.7. The number of benzene rings is 2. The first-order valence-corrected chi connectivity index (χ1v) is 9.39. The van der Waals surface area contributed by atoms with E-state index in [-0.39, 0.29) is 25.4 Å². The summed E-state index contributed by atoms with van der Waals surface area (Å²) in [6, 6.07) is 11.4. The molecule has 0 aliphatic carbocycles. The van der Waals surface area contributed by atoms with Crippen molar-refractivity contribution in [3.05, 3.63) is 58.7 Å². The number of carbonyl (C=O) groups excluding carboxylic acids is 3. The van der Waals surface area contributed by atoms with Gasteiger partial charge in [-0.15, -0.1) is 0 Å². The Morgan fingerprint density at radius 3 is 2.03 bits per heavy atom. The third-order valence-electron chi connectivity index (χ3n) is 4.14. The highest BCUT2D eigenvalue weighted by Crippen LogP contribution is 2.17. The van der Waals surface area contributed by atoms with Gasteiger partial charge in [-0.2, -0.15) is 0 Å². The molecule has 0 aromatic heterocycles. The van der Waals surface area contributed by atoms with Crippen LogP contribution in [0.25, 0.3) is 0 Å². The van der Waals surface area contributed by atoms with Crippen LogP contribution in [0, 0.1) is 27.7 Å². The van der Waals surface area contributed by atoms with Crippen molar-refractivity contribution in [1.82, 2.24) is 10.9 Å². The molecule has 0 heterocycles. The lowest BCUT2D eigenvalue weighted by Gasteiger charge is -2.11. The number of hydrogen-bond donors (Lipinski definition) is 3. The van der Waals surface area contributed by atoms with Gasteiger partial charge in [0, 0.05) is 18.5 Å². The molecule has 3 N–H and O–H groups in total. The Kier molecular flexibility index (Phi) is 7.77. The van der Waals surface area contributed by atoms with Crippen molar-refractivity contribution in [2.24, 2.45) is 0 Å². The Labute approximate surface area is 170 Å². The molecule has 0 fully saturated rings. The fourth-order valence-electron chi connectivity index (χ4n) is 2.80. The molecule has 0 saturated carbocycles. The van der Waals surface area contributed by atoms with E-state index >= 15 is 0 Å². The summed E-state index contributed by atoms with van der Waals surface area (Å²) < 4.78 is 5.42. The number of hydrazine groups is 1. The molecule has 3 amide bonds. The van der Waals surface area contributed by atoms with E-state index in [0.29, 0.717) is 5.75 Å². The summed E-state index contributed by atoms with van der Waals surface area (Å²) in [6.45, 7) is 7.54. The Morgan fingerprint density at radius 1 is 0.759 bits per heavy atom. The Bertz CT molecular complexity index is 889. The number of rotatable bonds is 7. The van der Waals surface area contributed by atoms with Crippen LogP contribution < -0.4 is 20.9 Å². The average Bonchev–Trinajstić information content (AvgIpc) is 2.64. The zero-order valence-corrected chi connectivity index (χ0v) is 17.2. The molecule has 0 atom stereocenters. The van der Waals surface area contributed by atoms with Crippen LogP contribution in [-0.2, 0) is 14.4 Å². The van der Waals surface area contributed by atoms with Crippen molar-refractivity contribution in [2.45, 2.75) is 40.5 Å². The average molecular weight is 397 g/mol. The molecular formula is C22H27N3O4. The Hall–Kier alpha value is -3.35. The number of ether oxygens (including phenoxy) is 1. The van der Waals surface area contributed by atoms with Gasteiger partial charge in [-0.05, 0) is 62.6 Å². The van der Waals surface area contributed by atoms with Crippen molar-refractivity contribution in [3.8, 4) is 5.75 Å². The Balaban J connectivity index is 1.68. The minimum Gasteiger partial charge on any atom is -0.484 e. The van der Waals surface area contributed by atoms with Crippen molar-refractivity contribution in [3.63, 3.8) is 0 Å². The number of aryl methyl sites for hydroxylation is 4. The highest BCUT2D eigenvalue weighted by atomic mass is 16.5. The molecule has 154 valence electrons. The van der Waals surface area contributed by atoms with Gasteiger partial charge >= 0.3 is 0 Å². The fraction of sp³-hybridized carbons (Fsp3) is 0.318. The second-order valence-corrected chi connectivity index (χ2v) is 7.07. The molecule has 7 heteroatoms. The van der Waals surface area contributed by atoms with Gasteiger partial charge < -0.3 is 10.1 Å². The largest absolute Gasteiger partial charge is 0.484 e. The third kappa shape index (κ3) is 7.65. The summed E-state index contributed by atoms with van der Waals surface area (Å²) in [5.41, 5.74) is 9.41. The highest BCUT2D eigenvalue weighted by Gasteiger charge is 2.10. The van der Waals surface area contributed by atoms with Crippen molar-refractivity contribution in [1.29, 1.82) is 0 Å². The predicted octanol–water partition coefficient (Wildman–Crippen LogP) is 2.87. The first-order valence-electron chi connectivity index (χ1n) is 9.39. The molecular weight excluding hydrogens is 370 g/mol. The lowest BCUT2D eigenvalue weighted by molar-refractivity contribution is -0.130. The summed E-state index contributed by atoms with van der Waals surface area (Å²) in [5.74, 6) is -0.624. The molecule has 0 aliphatic rings. The number of anilines is 1. The van der Waals surface area contributed by atoms with Gasteiger partial charge in [-0.25, -0.2) is 0 Å². The van der Waals surface area contributed by atoms with Crippen LogP contribution in [0.2, 0.25) is 0 Å². The Morgan fingerprint density at radius 2 is 1.38 bits per heavy atom. The summed E-state index contributed by atoms with van der Waals surface area (Å²) in [7, 11) is 0. The molecule has 2 aromatic carbocycles. The normalized spacial score (nSPS) is 10.2. The summed E-state index contributed by atoms with van der Waals surface area (Å²) in [4.78, 5) is 35.6. The summed E-state index contributed by atoms with van der Waals surface area (Å²) in [6.07, 6.45) is -0.0386. The number of hydrogen-bond acceptors (Lipinski definition) is 4. The molecule has 0 radical (unpaired) electrons. The van der Waals surface area contributed by atoms with E-state index in [1.54, 1.807) is 0 Å². The van der Waals surface area contributed by atoms with Crippen LogP contribution >= 0.6 is 0 Å². The van der Waals surface area contributed by atoms with E-state index in [0.717, 1.165) is 27.9 Å². The van der Waals surface area contributed by atoms with Crippen molar-refractivity contribution < 1.29 is 19.1 Å². The standard InChI is InChI=1S/C22H27N3O4/c1-14-5-6-19(17(4)10-14)23-20(26)7-8-21(27)24-25-22(28)13-29-18-11-15(2)9-16(3)12-18/h5-6,9-12H,7-8,13H2,1-4H3,(H,23,26)(H,24,27)(H,25,28). The molecule has 0 saturated heterocycles. The minimum absolute atomic E-state index is 0.00803. The first kappa shape index (κ1) is 21.9. The lowest BCUT2D eigenvalue weighted by atomic mass is 10.1. The third-order valence-corrected chi connectivity index (χ3v) is 4.14. The smallest absolute Gasteiger partial charge is 0.276 e. The van der Waals surface area contributed by atoms with Crippen LogP contribution in [0.1, 0.15) is 35.1 Å². The molecule has 29 heavy (non-hydrogen) atoms. The van der Waals surface area contributed by atoms with Gasteiger partial charge in [0.05, 0.1) is 0 Å². The van der Waals surface area contributed by atoms with Crippen LogP contribution in [0.5, 0.6) is 5.75 Å². The molecule has 0 aliphatic heterocycles. The molecule has 2 rings (SSSR count). The van der Waals surface area contributed by atoms with E-state index in [4.69, 9.17) is 4.74 Å². The predicted molar refractivity (Wildman–Crippen MR) is 111 cm³/mol. The zero-order chi connectivity index (χ0) is 21.4. The fourth-order valence-corrected chi connectivity index (χ4v) is 2.80. The molecule has 0 bridgehead atoms. The van der Waals surface area contributed by atoms with E-state index in [9.17, 15) is 14.4 Å². The monoisotopic (exact) mass is 397 g/mol. The second kappa shape index (κ2) is 10.3. The molecule has 0 unspecified atom stereocenters. The molecule has 7 nitrogen and oxygen atoms in total. The number of nitrogens with one attached hydrogen (secondary N) is 3. The SMILES string of the molecule is Cc1cc(C)cc(OCC(=O)NNC(=O)CCC(=O)Nc2ccc(C)cc2C)c1. The van der Waals surface area contributed by atoms with Gasteiger partial charge in [0.15, 0.2) is 6.61 Å². The van der Waals surface area contributed by atoms with Gasteiger partial charge in [-0.3, -0.25) is 25.2 Å². The van der Waals surface area contributed by atoms with Crippen LogP contribution in [0.15, 0.2) is 36.4 Å². The number of carbonyl (C=O) groups is 3. The maximum atomic E-state index is 12.0. The van der Waals surface area contributed by atoms with Crippen molar-refractivity contribution >= 4 is 23.4 Å². The lowest BCUT2D eigenvalue weighted by Crippen LogP contribution is -2.44. The second-order valence-electron chi connectivity index (χ2n) is 7.07. The molecule has 2 aromatic rings. The maximum Gasteiger partial charge on any atom is 0.276 e. The van der Waals surface area contributed by atoms with E-state index < -0.39 is 11.8 Å². The highest BCUT2D eigenvalue weighted by molar-refractivity contribution is 5.94. The van der Waals surface area contributed by atoms with E-state index in [2.05, 4.69) is 16.2 Å². The van der Waals surface area contributed by atoms with Crippen molar-refractivity contribution in [2.75, 3.05) is 11.9 Å². The summed E-state index contributed by atoms with van der Waals surface area (Å²) in [5, 5.41) is 2.78. The topological polar surface area (TPSA) is 96.5 Å². The van der Waals surface area contributed by atoms with Gasteiger partial charge in [0.1, 0.15) is 5.75 Å². The molecule has 0 spiro atoms. The van der Waals surface area contributed by atoms with Crippen LogP contribution in [0.4, 0.5) is 5.69 Å². The van der Waals surface area contributed by atoms with Crippen LogP contribution in [0.3, 0.4) is 0 Å². The quantitative estimate of drug-likeness (QED) is 0.626. The van der Waals surface area contributed by atoms with Gasteiger partial charge in [0.2, 0.25) is 11.8 Å². The van der Waals surface area contributed by atoms with E-state index in [1.165, 1.54) is 0 Å². The van der Waals surface area contributed by atoms with Crippen LogP contribution in [-0.4, -0.2) is 24.3 Å². The van der Waals surface area contributed by atoms with Gasteiger partial charge in [-0.1, -0.05) is 23.8 Å². The minimum atomic E-state index is -0.489.